The highest BCUT2D eigenvalue weighted by molar-refractivity contribution is 7.89. The van der Waals surface area contributed by atoms with Crippen molar-refractivity contribution in [3.63, 3.8) is 0 Å². The van der Waals surface area contributed by atoms with Crippen LogP contribution in [-0.2, 0) is 14.8 Å². The van der Waals surface area contributed by atoms with Crippen molar-refractivity contribution < 1.29 is 13.2 Å². The van der Waals surface area contributed by atoms with E-state index in [2.05, 4.69) is 0 Å². The first-order valence-corrected chi connectivity index (χ1v) is 9.33. The summed E-state index contributed by atoms with van der Waals surface area (Å²) in [5, 5.41) is 0.481. The first-order chi connectivity index (χ1) is 10.4. The zero-order valence-electron chi connectivity index (χ0n) is 11.7. The zero-order valence-corrected chi connectivity index (χ0v) is 14.0. The Morgan fingerprint density at radius 3 is 2.50 bits per heavy atom. The number of halogens is 2. The van der Waals surface area contributed by atoms with Crippen LogP contribution in [0.4, 0.5) is 0 Å². The van der Waals surface area contributed by atoms with Gasteiger partial charge in [0.1, 0.15) is 0 Å². The monoisotopic (exact) mass is 359 g/mol. The van der Waals surface area contributed by atoms with Crippen molar-refractivity contribution in [2.45, 2.75) is 42.7 Å². The zero-order chi connectivity index (χ0) is 15.9. The Morgan fingerprint density at radius 1 is 1.18 bits per heavy atom. The first kappa shape index (κ1) is 16.0. The van der Waals surface area contributed by atoms with E-state index in [1.54, 1.807) is 12.1 Å². The van der Waals surface area contributed by atoms with Crippen LogP contribution in [-0.4, -0.2) is 30.6 Å². The first-order valence-electron chi connectivity index (χ1n) is 7.07. The van der Waals surface area contributed by atoms with E-state index in [-0.39, 0.29) is 23.1 Å². The molecule has 0 N–H and O–H groups in total. The molecule has 0 radical (unpaired) electrons. The maximum Gasteiger partial charge on any atom is 0.243 e. The molecule has 118 valence electrons. The van der Waals surface area contributed by atoms with Gasteiger partial charge in [-0.3, -0.25) is 4.79 Å². The lowest BCUT2D eigenvalue weighted by molar-refractivity contribution is -0.119. The molecular weight excluding hydrogens is 345 g/mol. The highest BCUT2D eigenvalue weighted by atomic mass is 35.5. The fourth-order valence-corrected chi connectivity index (χ4v) is 5.53. The van der Waals surface area contributed by atoms with Crippen molar-refractivity contribution in [3.8, 4) is 0 Å². The molecule has 2 fully saturated rings. The molecule has 2 aliphatic rings. The van der Waals surface area contributed by atoms with E-state index in [1.807, 2.05) is 0 Å². The molecule has 2 saturated heterocycles. The molecule has 0 saturated carbocycles. The van der Waals surface area contributed by atoms with Gasteiger partial charge in [-0.15, -0.1) is 0 Å². The van der Waals surface area contributed by atoms with Crippen LogP contribution in [0.2, 0.25) is 5.02 Å². The number of benzene rings is 1. The number of fused-ring (bicyclic) bond motifs is 2. The molecular formula is C15H15Cl2NO3S. The molecule has 1 aromatic rings. The highest BCUT2D eigenvalue weighted by Crippen LogP contribution is 2.39. The normalized spacial score (nSPS) is 28.1. The van der Waals surface area contributed by atoms with E-state index in [1.165, 1.54) is 22.0 Å². The fourth-order valence-electron chi connectivity index (χ4n) is 3.28. The van der Waals surface area contributed by atoms with Crippen LogP contribution in [0.1, 0.15) is 25.7 Å². The van der Waals surface area contributed by atoms with E-state index in [0.29, 0.717) is 23.4 Å². The molecule has 2 bridgehead atoms. The second-order valence-electron chi connectivity index (χ2n) is 5.58. The minimum Gasteiger partial charge on any atom is -0.294 e. The third kappa shape index (κ3) is 2.60. The van der Waals surface area contributed by atoms with Crippen LogP contribution in [0.25, 0.3) is 0 Å². The summed E-state index contributed by atoms with van der Waals surface area (Å²) in [7, 11) is -3.68. The molecule has 2 heterocycles. The largest absolute Gasteiger partial charge is 0.294 e. The third-order valence-electron chi connectivity index (χ3n) is 4.29. The molecule has 0 amide bonds. The van der Waals surface area contributed by atoms with E-state index >= 15 is 0 Å². The Balaban J connectivity index is 2.05. The molecule has 4 nitrogen and oxygen atoms in total. The lowest BCUT2D eigenvalue weighted by atomic mass is 9.83. The summed E-state index contributed by atoms with van der Waals surface area (Å²) in [5.41, 5.74) is 1.63. The van der Waals surface area contributed by atoms with Gasteiger partial charge in [0.2, 0.25) is 10.0 Å². The molecule has 2 atom stereocenters. The van der Waals surface area contributed by atoms with Gasteiger partial charge in [0, 0.05) is 28.6 Å². The molecule has 22 heavy (non-hydrogen) atoms. The molecule has 2 unspecified atom stereocenters. The maximum atomic E-state index is 13.0. The van der Waals surface area contributed by atoms with Crippen molar-refractivity contribution in [3.05, 3.63) is 40.4 Å². The average molecular weight is 360 g/mol. The van der Waals surface area contributed by atoms with Gasteiger partial charge in [0.25, 0.3) is 0 Å². The van der Waals surface area contributed by atoms with Crippen LogP contribution in [0.3, 0.4) is 0 Å². The van der Waals surface area contributed by atoms with E-state index in [0.717, 1.165) is 6.42 Å². The van der Waals surface area contributed by atoms with Gasteiger partial charge in [0.05, 0.1) is 10.9 Å². The Bertz CT molecular complexity index is 728. The van der Waals surface area contributed by atoms with Gasteiger partial charge in [-0.2, -0.15) is 4.31 Å². The van der Waals surface area contributed by atoms with Crippen molar-refractivity contribution in [1.82, 2.24) is 4.31 Å². The van der Waals surface area contributed by atoms with Gasteiger partial charge in [-0.05, 0) is 43.5 Å². The minimum absolute atomic E-state index is 0.0488. The summed E-state index contributed by atoms with van der Waals surface area (Å²) in [6.45, 7) is 0. The molecule has 7 heteroatoms. The summed E-state index contributed by atoms with van der Waals surface area (Å²) >= 11 is 11.6. The number of hydrogen-bond acceptors (Lipinski definition) is 3. The number of ketones is 1. The number of carbonyl (C=O) groups excluding carboxylic acids is 1. The van der Waals surface area contributed by atoms with Crippen LogP contribution in [0, 0.1) is 0 Å². The number of piperidine rings is 2. The number of sulfonamides is 1. The standard InChI is InChI=1S/C15H15Cl2NO3S/c16-9-13-14-3-1-2-11(8-15(13)19)18(14)22(20,21)12-6-4-10(17)5-7-12/h4-7,9,11,14H,1-3,8H2. The molecule has 0 spiro atoms. The van der Waals surface area contributed by atoms with Gasteiger partial charge in [0.15, 0.2) is 5.78 Å². The number of rotatable bonds is 2. The number of hydrogen-bond donors (Lipinski definition) is 0. The predicted molar refractivity (Wildman–Crippen MR) is 85.5 cm³/mol. The van der Waals surface area contributed by atoms with Gasteiger partial charge < -0.3 is 0 Å². The molecule has 3 rings (SSSR count). The molecule has 0 aliphatic carbocycles. The lowest BCUT2D eigenvalue weighted by Crippen LogP contribution is -2.55. The van der Waals surface area contributed by atoms with Gasteiger partial charge in [-0.1, -0.05) is 23.2 Å². The Labute approximate surface area is 139 Å². The summed E-state index contributed by atoms with van der Waals surface area (Å²) < 4.78 is 27.4. The summed E-state index contributed by atoms with van der Waals surface area (Å²) in [6.07, 6.45) is 2.41. The van der Waals surface area contributed by atoms with Gasteiger partial charge in [-0.25, -0.2) is 8.42 Å². The van der Waals surface area contributed by atoms with E-state index in [9.17, 15) is 13.2 Å². The van der Waals surface area contributed by atoms with E-state index < -0.39 is 16.1 Å². The fraction of sp³-hybridized carbons (Fsp3) is 0.400. The molecule has 2 aliphatic heterocycles. The highest BCUT2D eigenvalue weighted by Gasteiger charge is 2.47. The second kappa shape index (κ2) is 5.96. The molecule has 0 aromatic heterocycles. The topological polar surface area (TPSA) is 54.5 Å². The maximum absolute atomic E-state index is 13.0. The van der Waals surface area contributed by atoms with Crippen molar-refractivity contribution in [1.29, 1.82) is 0 Å². The predicted octanol–water partition coefficient (Wildman–Crippen LogP) is 3.35. The number of carbonyl (C=O) groups is 1. The van der Waals surface area contributed by atoms with Crippen molar-refractivity contribution >= 4 is 39.0 Å². The second-order valence-corrected chi connectivity index (χ2v) is 8.08. The Hall–Kier alpha value is -0.880. The Morgan fingerprint density at radius 2 is 1.86 bits per heavy atom. The quantitative estimate of drug-likeness (QED) is 0.760. The van der Waals surface area contributed by atoms with Crippen LogP contribution < -0.4 is 0 Å². The smallest absolute Gasteiger partial charge is 0.243 e. The van der Waals surface area contributed by atoms with Gasteiger partial charge >= 0.3 is 0 Å². The van der Waals surface area contributed by atoms with Crippen molar-refractivity contribution in [2.24, 2.45) is 0 Å². The number of nitrogens with zero attached hydrogens (tertiary/aromatic N) is 1. The third-order valence-corrected chi connectivity index (χ3v) is 6.75. The lowest BCUT2D eigenvalue weighted by Gasteiger charge is -2.45. The summed E-state index contributed by atoms with van der Waals surface area (Å²) in [6, 6.07) is 5.35. The summed E-state index contributed by atoms with van der Waals surface area (Å²) in [4.78, 5) is 12.3. The van der Waals surface area contributed by atoms with E-state index in [4.69, 9.17) is 23.2 Å². The van der Waals surface area contributed by atoms with Crippen LogP contribution in [0.5, 0.6) is 0 Å². The van der Waals surface area contributed by atoms with Crippen LogP contribution >= 0.6 is 23.2 Å². The van der Waals surface area contributed by atoms with Crippen molar-refractivity contribution in [2.75, 3.05) is 0 Å². The number of Topliss-reactive ketones (excluding diaryl/α,β-unsaturated/α-hetero) is 1. The van der Waals surface area contributed by atoms with Crippen LogP contribution in [0.15, 0.2) is 40.3 Å². The minimum atomic E-state index is -3.68. The Kier molecular flexibility index (Phi) is 4.34. The SMILES string of the molecule is O=C1CC2CCCC(C1=CCl)N2S(=O)(=O)c1ccc(Cl)cc1. The average Bonchev–Trinajstić information content (AvgIpc) is 2.47. The summed E-state index contributed by atoms with van der Waals surface area (Å²) in [5.74, 6) is -0.0488. The molecule has 1 aromatic carbocycles.